The van der Waals surface area contributed by atoms with Crippen molar-refractivity contribution in [2.45, 2.75) is 57.0 Å². The first kappa shape index (κ1) is 30.7. The molecule has 1 aromatic carbocycles. The maximum atomic E-state index is 12.6. The van der Waals surface area contributed by atoms with Crippen LogP contribution < -0.4 is 16.4 Å². The zero-order valence-electron chi connectivity index (χ0n) is 21.7. The predicted octanol–water partition coefficient (Wildman–Crippen LogP) is 1.55. The SMILES string of the molecule is Nc1nc(O)c2c(CCCc3ccc(C(=O)N[C@@H](CCC(=O)N[C@@H](CCC(=O)O)C(=O)O)C(=O)O)cc3)csc2n1. The molecule has 2 amide bonds. The van der Waals surface area contributed by atoms with Crippen molar-refractivity contribution in [1.82, 2.24) is 20.6 Å². The van der Waals surface area contributed by atoms with E-state index in [1.165, 1.54) is 11.3 Å². The summed E-state index contributed by atoms with van der Waals surface area (Å²) in [5.74, 6) is -5.59. The topological polar surface area (TPSA) is 242 Å². The molecule has 0 fully saturated rings. The van der Waals surface area contributed by atoms with Gasteiger partial charge in [0.05, 0.1) is 5.39 Å². The van der Waals surface area contributed by atoms with Crippen LogP contribution in [-0.2, 0) is 32.0 Å². The number of anilines is 1. The predicted molar refractivity (Wildman–Crippen MR) is 147 cm³/mol. The maximum absolute atomic E-state index is 12.6. The number of hydrogen-bond acceptors (Lipinski definition) is 10. The van der Waals surface area contributed by atoms with Gasteiger partial charge in [0.1, 0.15) is 16.9 Å². The Labute approximate surface area is 237 Å². The summed E-state index contributed by atoms with van der Waals surface area (Å²) in [5.41, 5.74) is 7.63. The van der Waals surface area contributed by atoms with Crippen LogP contribution in [0, 0.1) is 0 Å². The molecular formula is C26H29N5O9S. The number of aromatic hydroxyl groups is 1. The quantitative estimate of drug-likeness (QED) is 0.134. The average molecular weight is 588 g/mol. The summed E-state index contributed by atoms with van der Waals surface area (Å²) >= 11 is 1.37. The molecule has 3 aromatic rings. The van der Waals surface area contributed by atoms with Crippen molar-refractivity contribution in [3.8, 4) is 5.88 Å². The molecule has 2 aromatic heterocycles. The van der Waals surface area contributed by atoms with Crippen molar-refractivity contribution >= 4 is 57.2 Å². The number of thiophene rings is 1. The summed E-state index contributed by atoms with van der Waals surface area (Å²) in [7, 11) is 0. The van der Waals surface area contributed by atoms with Gasteiger partial charge in [0.25, 0.3) is 5.91 Å². The van der Waals surface area contributed by atoms with E-state index in [1.54, 1.807) is 24.3 Å². The van der Waals surface area contributed by atoms with E-state index in [1.807, 2.05) is 5.38 Å². The lowest BCUT2D eigenvalue weighted by Gasteiger charge is -2.16. The number of carboxylic acid groups (broad SMARTS) is 3. The van der Waals surface area contributed by atoms with Gasteiger partial charge in [0.2, 0.25) is 17.7 Å². The molecule has 2 heterocycles. The van der Waals surface area contributed by atoms with E-state index in [2.05, 4.69) is 20.6 Å². The minimum atomic E-state index is -1.43. The van der Waals surface area contributed by atoms with E-state index in [9.17, 15) is 34.2 Å². The lowest BCUT2D eigenvalue weighted by molar-refractivity contribution is -0.143. The summed E-state index contributed by atoms with van der Waals surface area (Å²) in [6.07, 6.45) is 0.570. The third kappa shape index (κ3) is 8.86. The summed E-state index contributed by atoms with van der Waals surface area (Å²) in [5, 5.41) is 44.4. The van der Waals surface area contributed by atoms with Gasteiger partial charge in [-0.05, 0) is 60.7 Å². The second-order valence-electron chi connectivity index (χ2n) is 9.19. The Morgan fingerprint density at radius 1 is 0.878 bits per heavy atom. The first-order valence-corrected chi connectivity index (χ1v) is 13.4. The number of carbonyl (C=O) groups is 5. The van der Waals surface area contributed by atoms with Gasteiger partial charge < -0.3 is 36.8 Å². The number of benzene rings is 1. The van der Waals surface area contributed by atoms with Gasteiger partial charge >= 0.3 is 17.9 Å². The Balaban J connectivity index is 1.50. The molecule has 0 saturated carbocycles. The van der Waals surface area contributed by atoms with Crippen LogP contribution in [0.2, 0.25) is 0 Å². The van der Waals surface area contributed by atoms with Crippen molar-refractivity contribution in [1.29, 1.82) is 0 Å². The van der Waals surface area contributed by atoms with E-state index in [4.69, 9.17) is 15.9 Å². The van der Waals surface area contributed by atoms with E-state index in [0.29, 0.717) is 23.1 Å². The second-order valence-corrected chi connectivity index (χ2v) is 10.0. The van der Waals surface area contributed by atoms with Gasteiger partial charge in [-0.1, -0.05) is 12.1 Å². The van der Waals surface area contributed by atoms with E-state index in [0.717, 1.165) is 17.5 Å². The fourth-order valence-electron chi connectivity index (χ4n) is 4.05. The first-order valence-electron chi connectivity index (χ1n) is 12.5. The fraction of sp³-hybridized carbons (Fsp3) is 0.346. The monoisotopic (exact) mass is 587 g/mol. The highest BCUT2D eigenvalue weighted by molar-refractivity contribution is 7.17. The lowest BCUT2D eigenvalue weighted by Crippen LogP contribution is -2.44. The molecule has 0 aliphatic carbocycles. The summed E-state index contributed by atoms with van der Waals surface area (Å²) < 4.78 is 0. The van der Waals surface area contributed by atoms with Gasteiger partial charge in [0, 0.05) is 18.4 Å². The maximum Gasteiger partial charge on any atom is 0.326 e. The number of nitrogens with two attached hydrogens (primary N) is 1. The highest BCUT2D eigenvalue weighted by Gasteiger charge is 2.25. The number of amides is 2. The van der Waals surface area contributed by atoms with Crippen LogP contribution in [0.1, 0.15) is 53.6 Å². The minimum Gasteiger partial charge on any atom is -0.493 e. The van der Waals surface area contributed by atoms with Gasteiger partial charge in [-0.3, -0.25) is 14.4 Å². The summed E-state index contributed by atoms with van der Waals surface area (Å²) in [6.45, 7) is 0. The fourth-order valence-corrected chi connectivity index (χ4v) is 5.03. The van der Waals surface area contributed by atoms with Crippen LogP contribution in [0.3, 0.4) is 0 Å². The number of rotatable bonds is 15. The number of fused-ring (bicyclic) bond motifs is 1. The van der Waals surface area contributed by atoms with Gasteiger partial charge in [0.15, 0.2) is 0 Å². The molecule has 0 spiro atoms. The van der Waals surface area contributed by atoms with Crippen molar-refractivity contribution in [3.05, 3.63) is 46.3 Å². The average Bonchev–Trinajstić information content (AvgIpc) is 3.31. The van der Waals surface area contributed by atoms with Crippen molar-refractivity contribution in [2.75, 3.05) is 5.73 Å². The molecule has 0 aliphatic heterocycles. The Bertz CT molecular complexity index is 1440. The van der Waals surface area contributed by atoms with Gasteiger partial charge in [-0.15, -0.1) is 11.3 Å². The molecule has 0 saturated heterocycles. The molecule has 0 aliphatic rings. The molecule has 3 rings (SSSR count). The highest BCUT2D eigenvalue weighted by Crippen LogP contribution is 2.32. The Morgan fingerprint density at radius 2 is 1.51 bits per heavy atom. The number of hydrogen-bond donors (Lipinski definition) is 7. The molecule has 0 bridgehead atoms. The smallest absolute Gasteiger partial charge is 0.326 e. The van der Waals surface area contributed by atoms with Crippen LogP contribution in [0.15, 0.2) is 29.6 Å². The van der Waals surface area contributed by atoms with Crippen LogP contribution in [0.25, 0.3) is 10.2 Å². The van der Waals surface area contributed by atoms with Crippen molar-refractivity contribution in [2.24, 2.45) is 0 Å². The lowest BCUT2D eigenvalue weighted by atomic mass is 10.0. The zero-order chi connectivity index (χ0) is 30.1. The van der Waals surface area contributed by atoms with E-state index >= 15 is 0 Å². The zero-order valence-corrected chi connectivity index (χ0v) is 22.5. The number of nitrogen functional groups attached to an aromatic ring is 1. The number of carbonyl (C=O) groups excluding carboxylic acids is 2. The number of nitrogens with one attached hydrogen (secondary N) is 2. The number of aryl methyl sites for hydroxylation is 2. The molecule has 0 radical (unpaired) electrons. The Kier molecular flexibility index (Phi) is 10.5. The molecule has 0 unspecified atom stereocenters. The standard InChI is InChI=1S/C26H29N5O9S/c27-26-30-22(36)20-15(12-41-23(20)31-26)3-1-2-13-4-6-14(7-5-13)21(35)29-17(25(39)40)8-10-18(32)28-16(24(37)38)9-11-19(33)34/h4-7,12,16-17H,1-3,8-11H2,(H,28,32)(H,29,35)(H,33,34)(H,37,38)(H,39,40)(H3,27,30,31,36)/t16-,17-/m0/s1. The van der Waals surface area contributed by atoms with Crippen LogP contribution in [0.5, 0.6) is 5.88 Å². The minimum absolute atomic E-state index is 0.00606. The van der Waals surface area contributed by atoms with E-state index < -0.39 is 54.6 Å². The van der Waals surface area contributed by atoms with Crippen LogP contribution in [-0.4, -0.2) is 72.2 Å². The number of aromatic nitrogens is 2. The summed E-state index contributed by atoms with van der Waals surface area (Å²) in [6, 6.07) is 3.76. The van der Waals surface area contributed by atoms with Crippen LogP contribution in [0.4, 0.5) is 5.95 Å². The van der Waals surface area contributed by atoms with Gasteiger partial charge in [-0.25, -0.2) is 14.6 Å². The highest BCUT2D eigenvalue weighted by atomic mass is 32.1. The van der Waals surface area contributed by atoms with Crippen molar-refractivity contribution < 1.29 is 44.4 Å². The summed E-state index contributed by atoms with van der Waals surface area (Å²) in [4.78, 5) is 66.8. The number of nitrogens with zero attached hydrogens (tertiary/aromatic N) is 2. The third-order valence-corrected chi connectivity index (χ3v) is 7.10. The molecular weight excluding hydrogens is 558 g/mol. The first-order chi connectivity index (χ1) is 19.4. The molecule has 218 valence electrons. The van der Waals surface area contributed by atoms with Crippen molar-refractivity contribution in [3.63, 3.8) is 0 Å². The third-order valence-electron chi connectivity index (χ3n) is 6.18. The normalized spacial score (nSPS) is 12.4. The largest absolute Gasteiger partial charge is 0.493 e. The Morgan fingerprint density at radius 3 is 2.15 bits per heavy atom. The molecule has 8 N–H and O–H groups in total. The van der Waals surface area contributed by atoms with E-state index in [-0.39, 0.29) is 30.2 Å². The second kappa shape index (κ2) is 14.0. The van der Waals surface area contributed by atoms with Crippen LogP contribution >= 0.6 is 11.3 Å². The molecule has 41 heavy (non-hydrogen) atoms. The number of aliphatic carboxylic acids is 3. The number of carboxylic acids is 3. The van der Waals surface area contributed by atoms with Gasteiger partial charge in [-0.2, -0.15) is 4.98 Å². The molecule has 2 atom stereocenters. The molecule has 15 heteroatoms. The molecule has 14 nitrogen and oxygen atoms in total. The Hall–Kier alpha value is -4.79.